The summed E-state index contributed by atoms with van der Waals surface area (Å²) in [4.78, 5) is 29.3. The number of fused-ring (bicyclic) bond motifs is 2. The molecule has 0 spiro atoms. The third-order valence-electron chi connectivity index (χ3n) is 4.70. The summed E-state index contributed by atoms with van der Waals surface area (Å²) in [6.45, 7) is 1.90. The lowest BCUT2D eigenvalue weighted by Gasteiger charge is -2.18. The van der Waals surface area contributed by atoms with Gasteiger partial charge >= 0.3 is 0 Å². The molecule has 4 rings (SSSR count). The van der Waals surface area contributed by atoms with Crippen LogP contribution in [-0.2, 0) is 23.0 Å². The standard InChI is InChI=1S/C18H17N3O4S2/c1-2-27(24,25)21-7-5-12-9-13(3-4-15(12)21)16(22)10-20-11-19-14-6-8-26-17(14)18(20)23/h3-4,6,8-9,11H,2,5,7,10H2,1H3. The Kier molecular flexibility index (Phi) is 4.35. The summed E-state index contributed by atoms with van der Waals surface area (Å²) >= 11 is 1.30. The van der Waals surface area contributed by atoms with Gasteiger partial charge in [0.05, 0.1) is 29.8 Å². The first-order valence-corrected chi connectivity index (χ1v) is 11.0. The molecule has 0 N–H and O–H groups in total. The topological polar surface area (TPSA) is 89.3 Å². The van der Waals surface area contributed by atoms with Gasteiger partial charge in [-0.15, -0.1) is 11.3 Å². The number of rotatable bonds is 5. The summed E-state index contributed by atoms with van der Waals surface area (Å²) in [5.41, 5.74) is 2.32. The Morgan fingerprint density at radius 2 is 2.11 bits per heavy atom. The number of ketones is 1. The molecule has 0 saturated heterocycles. The molecular weight excluding hydrogens is 386 g/mol. The van der Waals surface area contributed by atoms with Crippen molar-refractivity contribution in [1.29, 1.82) is 0 Å². The minimum atomic E-state index is -3.32. The highest BCUT2D eigenvalue weighted by Crippen LogP contribution is 2.31. The van der Waals surface area contributed by atoms with E-state index < -0.39 is 10.0 Å². The van der Waals surface area contributed by atoms with Crippen LogP contribution in [0, 0.1) is 0 Å². The van der Waals surface area contributed by atoms with E-state index in [0.717, 1.165) is 5.56 Å². The summed E-state index contributed by atoms with van der Waals surface area (Å²) in [5.74, 6) is -0.178. The highest BCUT2D eigenvalue weighted by molar-refractivity contribution is 7.92. The maximum absolute atomic E-state index is 12.7. The van der Waals surface area contributed by atoms with E-state index in [1.165, 1.54) is 26.5 Å². The van der Waals surface area contributed by atoms with Crippen LogP contribution in [0.3, 0.4) is 0 Å². The second kappa shape index (κ2) is 6.58. The first kappa shape index (κ1) is 17.9. The van der Waals surface area contributed by atoms with Crippen molar-refractivity contribution in [3.05, 3.63) is 57.5 Å². The van der Waals surface area contributed by atoms with Crippen molar-refractivity contribution in [1.82, 2.24) is 9.55 Å². The Morgan fingerprint density at radius 3 is 2.89 bits per heavy atom. The average Bonchev–Trinajstić information content (AvgIpc) is 3.30. The number of carbonyl (C=O) groups excluding carboxylic acids is 1. The predicted octanol–water partition coefficient (Wildman–Crippen LogP) is 2.05. The number of nitrogens with zero attached hydrogens (tertiary/aromatic N) is 3. The number of benzene rings is 1. The van der Waals surface area contributed by atoms with Crippen LogP contribution >= 0.6 is 11.3 Å². The molecule has 7 nitrogen and oxygen atoms in total. The van der Waals surface area contributed by atoms with Gasteiger partial charge in [-0.1, -0.05) is 0 Å². The molecule has 0 amide bonds. The van der Waals surface area contributed by atoms with Gasteiger partial charge < -0.3 is 0 Å². The molecule has 1 aliphatic rings. The normalized spacial score (nSPS) is 13.9. The largest absolute Gasteiger partial charge is 0.292 e. The number of hydrogen-bond acceptors (Lipinski definition) is 6. The fraction of sp³-hybridized carbons (Fsp3) is 0.278. The lowest BCUT2D eigenvalue weighted by Crippen LogP contribution is -2.30. The smallest absolute Gasteiger partial charge is 0.271 e. The Labute approximate surface area is 159 Å². The van der Waals surface area contributed by atoms with E-state index in [1.54, 1.807) is 36.6 Å². The van der Waals surface area contributed by atoms with Gasteiger partial charge in [-0.3, -0.25) is 18.5 Å². The van der Waals surface area contributed by atoms with Crippen LogP contribution in [0.15, 0.2) is 40.8 Å². The van der Waals surface area contributed by atoms with Crippen molar-refractivity contribution in [2.45, 2.75) is 19.9 Å². The third-order valence-corrected chi connectivity index (χ3v) is 7.38. The molecule has 2 aromatic heterocycles. The zero-order valence-corrected chi connectivity index (χ0v) is 16.2. The molecule has 0 fully saturated rings. The molecular formula is C18H17N3O4S2. The molecule has 9 heteroatoms. The second-order valence-electron chi connectivity index (χ2n) is 6.30. The van der Waals surface area contributed by atoms with Crippen LogP contribution in [0.2, 0.25) is 0 Å². The Morgan fingerprint density at radius 1 is 1.30 bits per heavy atom. The van der Waals surface area contributed by atoms with E-state index in [2.05, 4.69) is 4.98 Å². The molecule has 0 bridgehead atoms. The van der Waals surface area contributed by atoms with Gasteiger partial charge in [0.25, 0.3) is 5.56 Å². The Hall–Kier alpha value is -2.52. The van der Waals surface area contributed by atoms with Gasteiger partial charge in [-0.05, 0) is 48.6 Å². The average molecular weight is 403 g/mol. The quantitative estimate of drug-likeness (QED) is 0.608. The fourth-order valence-electron chi connectivity index (χ4n) is 3.23. The molecule has 0 saturated carbocycles. The van der Waals surface area contributed by atoms with Gasteiger partial charge in [0, 0.05) is 12.1 Å². The van der Waals surface area contributed by atoms with Gasteiger partial charge in [-0.25, -0.2) is 13.4 Å². The van der Waals surface area contributed by atoms with E-state index in [9.17, 15) is 18.0 Å². The highest BCUT2D eigenvalue weighted by atomic mass is 32.2. The van der Waals surface area contributed by atoms with E-state index in [1.807, 2.05) is 0 Å². The SMILES string of the molecule is CCS(=O)(=O)N1CCc2cc(C(=O)Cn3cnc4ccsc4c3=O)ccc21. The molecule has 0 radical (unpaired) electrons. The van der Waals surface area contributed by atoms with Crippen molar-refractivity contribution < 1.29 is 13.2 Å². The fourth-order valence-corrected chi connectivity index (χ4v) is 5.18. The van der Waals surface area contributed by atoms with Gasteiger partial charge in [0.15, 0.2) is 5.78 Å². The highest BCUT2D eigenvalue weighted by Gasteiger charge is 2.28. The first-order valence-electron chi connectivity index (χ1n) is 8.50. The maximum atomic E-state index is 12.7. The molecule has 1 aliphatic heterocycles. The number of thiophene rings is 1. The minimum absolute atomic E-state index is 0.0359. The molecule has 3 heterocycles. The van der Waals surface area contributed by atoms with Crippen LogP contribution < -0.4 is 9.86 Å². The molecule has 27 heavy (non-hydrogen) atoms. The van der Waals surface area contributed by atoms with E-state index in [0.29, 0.717) is 34.4 Å². The summed E-state index contributed by atoms with van der Waals surface area (Å²) in [5, 5.41) is 1.79. The Bertz CT molecular complexity index is 1210. The number of anilines is 1. The number of aromatic nitrogens is 2. The predicted molar refractivity (Wildman–Crippen MR) is 105 cm³/mol. The third kappa shape index (κ3) is 3.06. The van der Waals surface area contributed by atoms with Crippen LogP contribution in [0.5, 0.6) is 0 Å². The number of carbonyl (C=O) groups is 1. The van der Waals surface area contributed by atoms with Crippen molar-refractivity contribution in [2.75, 3.05) is 16.6 Å². The van der Waals surface area contributed by atoms with E-state index in [4.69, 9.17) is 0 Å². The molecule has 1 aromatic carbocycles. The second-order valence-corrected chi connectivity index (χ2v) is 9.40. The maximum Gasteiger partial charge on any atom is 0.271 e. The van der Waals surface area contributed by atoms with Crippen LogP contribution in [0.1, 0.15) is 22.8 Å². The lowest BCUT2D eigenvalue weighted by molar-refractivity contribution is 0.0970. The zero-order chi connectivity index (χ0) is 19.2. The zero-order valence-electron chi connectivity index (χ0n) is 14.6. The van der Waals surface area contributed by atoms with E-state index >= 15 is 0 Å². The molecule has 0 aliphatic carbocycles. The monoisotopic (exact) mass is 403 g/mol. The van der Waals surface area contributed by atoms with Gasteiger partial charge in [0.2, 0.25) is 10.0 Å². The molecule has 140 valence electrons. The minimum Gasteiger partial charge on any atom is -0.292 e. The Balaban J connectivity index is 1.62. The van der Waals surface area contributed by atoms with Crippen molar-refractivity contribution in [2.24, 2.45) is 0 Å². The van der Waals surface area contributed by atoms with Crippen molar-refractivity contribution in [3.8, 4) is 0 Å². The summed E-state index contributed by atoms with van der Waals surface area (Å²) in [6.07, 6.45) is 1.95. The van der Waals surface area contributed by atoms with Crippen molar-refractivity contribution in [3.63, 3.8) is 0 Å². The van der Waals surface area contributed by atoms with Crippen LogP contribution in [-0.4, -0.2) is 36.0 Å². The van der Waals surface area contributed by atoms with Gasteiger partial charge in [-0.2, -0.15) is 0 Å². The van der Waals surface area contributed by atoms with Crippen LogP contribution in [0.4, 0.5) is 5.69 Å². The number of Topliss-reactive ketones (excluding diaryl/α,β-unsaturated/α-hetero) is 1. The first-order chi connectivity index (χ1) is 12.9. The number of hydrogen-bond donors (Lipinski definition) is 0. The number of sulfonamides is 1. The van der Waals surface area contributed by atoms with Crippen molar-refractivity contribution >= 4 is 43.0 Å². The molecule has 0 atom stereocenters. The lowest BCUT2D eigenvalue weighted by atomic mass is 10.1. The molecule has 3 aromatic rings. The summed E-state index contributed by atoms with van der Waals surface area (Å²) < 4.78 is 27.6. The summed E-state index contributed by atoms with van der Waals surface area (Å²) in [6, 6.07) is 6.79. The van der Waals surface area contributed by atoms with Gasteiger partial charge in [0.1, 0.15) is 4.70 Å². The van der Waals surface area contributed by atoms with E-state index in [-0.39, 0.29) is 23.6 Å². The molecule has 0 unspecified atom stereocenters. The summed E-state index contributed by atoms with van der Waals surface area (Å²) in [7, 11) is -3.32. The van der Waals surface area contributed by atoms with Crippen LogP contribution in [0.25, 0.3) is 10.2 Å².